The molecule has 0 bridgehead atoms. The van der Waals surface area contributed by atoms with E-state index in [1.54, 1.807) is 23.5 Å². The molecule has 3 heterocycles. The summed E-state index contributed by atoms with van der Waals surface area (Å²) in [6.07, 6.45) is -0.0351. The second-order valence-electron chi connectivity index (χ2n) is 9.25. The number of hydrogen-bond donors (Lipinski definition) is 2. The molecule has 178 valence electrons. The molecule has 0 aliphatic carbocycles. The first-order valence-corrected chi connectivity index (χ1v) is 12.2. The van der Waals surface area contributed by atoms with Crippen molar-refractivity contribution >= 4 is 23.2 Å². The second-order valence-corrected chi connectivity index (χ2v) is 10.1. The Morgan fingerprint density at radius 3 is 2.64 bits per heavy atom. The number of aliphatic hydroxyl groups is 2. The van der Waals surface area contributed by atoms with Crippen LogP contribution in [-0.2, 0) is 11.2 Å². The number of para-hydroxylation sites is 1. The quantitative estimate of drug-likeness (QED) is 0.656. The van der Waals surface area contributed by atoms with Crippen LogP contribution in [0.1, 0.15) is 40.2 Å². The molecule has 2 amide bonds. The normalized spacial score (nSPS) is 23.9. The fourth-order valence-electron chi connectivity index (χ4n) is 4.86. The third-order valence-corrected chi connectivity index (χ3v) is 7.81. The first kappa shape index (κ1) is 23.7. The maximum absolute atomic E-state index is 12.9. The molecular weight excluding hydrogens is 442 g/mol. The number of carbonyl (C=O) groups excluding carboxylic acids is 2. The fourth-order valence-corrected chi connectivity index (χ4v) is 5.63. The SMILES string of the molecule is Cc1ncsc1C(=O)N1CCC2(CC1)C[C@@H](O)[C@@H](O)Cc1ccccc1OCC(=O)N(C)C2. The molecule has 2 aromatic rings. The molecule has 33 heavy (non-hydrogen) atoms. The molecule has 8 nitrogen and oxygen atoms in total. The predicted molar refractivity (Wildman–Crippen MR) is 124 cm³/mol. The molecule has 1 saturated heterocycles. The summed E-state index contributed by atoms with van der Waals surface area (Å²) in [6.45, 7) is 3.24. The minimum absolute atomic E-state index is 0.0203. The number of rotatable bonds is 1. The van der Waals surface area contributed by atoms with Crippen LogP contribution < -0.4 is 4.74 Å². The lowest BCUT2D eigenvalue weighted by Crippen LogP contribution is -2.51. The predicted octanol–water partition coefficient (Wildman–Crippen LogP) is 1.88. The van der Waals surface area contributed by atoms with Crippen LogP contribution in [0.15, 0.2) is 29.8 Å². The van der Waals surface area contributed by atoms with Crippen molar-refractivity contribution in [3.8, 4) is 5.75 Å². The number of fused-ring (bicyclic) bond motifs is 1. The van der Waals surface area contributed by atoms with Gasteiger partial charge in [0.25, 0.3) is 11.8 Å². The van der Waals surface area contributed by atoms with Crippen LogP contribution in [0.25, 0.3) is 0 Å². The Balaban J connectivity index is 1.53. The number of amides is 2. The second kappa shape index (κ2) is 9.79. The summed E-state index contributed by atoms with van der Waals surface area (Å²) < 4.78 is 5.76. The van der Waals surface area contributed by atoms with Crippen LogP contribution in [0.4, 0.5) is 0 Å². The van der Waals surface area contributed by atoms with E-state index in [0.717, 1.165) is 11.3 Å². The molecule has 1 aromatic heterocycles. The van der Waals surface area contributed by atoms with Gasteiger partial charge in [-0.05, 0) is 43.2 Å². The van der Waals surface area contributed by atoms with Gasteiger partial charge in [-0.3, -0.25) is 9.59 Å². The average molecular weight is 474 g/mol. The Morgan fingerprint density at radius 1 is 1.21 bits per heavy atom. The van der Waals surface area contributed by atoms with E-state index in [4.69, 9.17) is 4.74 Å². The molecule has 0 unspecified atom stereocenters. The smallest absolute Gasteiger partial charge is 0.265 e. The third kappa shape index (κ3) is 5.20. The lowest BCUT2D eigenvalue weighted by Gasteiger charge is -2.45. The van der Waals surface area contributed by atoms with Crippen molar-refractivity contribution in [2.45, 2.75) is 44.8 Å². The largest absolute Gasteiger partial charge is 0.483 e. The number of aliphatic hydroxyl groups excluding tert-OH is 2. The summed E-state index contributed by atoms with van der Waals surface area (Å²) in [5.41, 5.74) is 2.78. The lowest BCUT2D eigenvalue weighted by molar-refractivity contribution is -0.135. The first-order chi connectivity index (χ1) is 15.8. The van der Waals surface area contributed by atoms with Crippen molar-refractivity contribution in [2.75, 3.05) is 33.3 Å². The Labute approximate surface area is 197 Å². The fraction of sp³-hybridized carbons (Fsp3) is 0.542. The van der Waals surface area contributed by atoms with Gasteiger partial charge in [0, 0.05) is 33.1 Å². The standard InChI is InChI=1S/C24H31N3O5S/c1-16-22(33-15-25-16)23(31)27-9-7-24(8-10-27)12-19(29)18(28)11-17-5-3-4-6-20(17)32-13-21(30)26(2)14-24/h3-6,15,18-19,28-29H,7-14H2,1-2H3/t18-,19+/m0/s1. The molecule has 9 heteroatoms. The van der Waals surface area contributed by atoms with Gasteiger partial charge in [-0.1, -0.05) is 18.2 Å². The molecule has 1 fully saturated rings. The van der Waals surface area contributed by atoms with Crippen LogP contribution in [-0.4, -0.2) is 82.3 Å². The number of aromatic nitrogens is 1. The number of piperidine rings is 1. The summed E-state index contributed by atoms with van der Waals surface area (Å²) in [6, 6.07) is 7.28. The molecule has 0 radical (unpaired) electrons. The maximum atomic E-state index is 12.9. The zero-order valence-corrected chi connectivity index (χ0v) is 19.9. The van der Waals surface area contributed by atoms with Gasteiger partial charge >= 0.3 is 0 Å². The average Bonchev–Trinajstić information content (AvgIpc) is 3.23. The Morgan fingerprint density at radius 2 is 1.94 bits per heavy atom. The number of likely N-dealkylation sites (N-methyl/N-ethyl adjacent to an activating group) is 1. The van der Waals surface area contributed by atoms with Crippen LogP contribution in [0, 0.1) is 12.3 Å². The Kier molecular flexibility index (Phi) is 7.02. The molecule has 1 aromatic carbocycles. The van der Waals surface area contributed by atoms with E-state index >= 15 is 0 Å². The van der Waals surface area contributed by atoms with Gasteiger partial charge in [-0.25, -0.2) is 4.98 Å². The van der Waals surface area contributed by atoms with Crippen molar-refractivity contribution in [3.05, 3.63) is 45.9 Å². The summed E-state index contributed by atoms with van der Waals surface area (Å²) in [5.74, 6) is 0.387. The highest BCUT2D eigenvalue weighted by atomic mass is 32.1. The number of thiazole rings is 1. The molecule has 2 N–H and O–H groups in total. The van der Waals surface area contributed by atoms with E-state index in [0.29, 0.717) is 49.5 Å². The zero-order chi connectivity index (χ0) is 23.6. The van der Waals surface area contributed by atoms with E-state index in [1.807, 2.05) is 30.0 Å². The van der Waals surface area contributed by atoms with Gasteiger partial charge in [0.15, 0.2) is 6.61 Å². The van der Waals surface area contributed by atoms with E-state index in [2.05, 4.69) is 4.98 Å². The summed E-state index contributed by atoms with van der Waals surface area (Å²) in [5, 5.41) is 21.7. The Bertz CT molecular complexity index is 1000. The highest BCUT2D eigenvalue weighted by Crippen LogP contribution is 2.39. The van der Waals surface area contributed by atoms with Gasteiger partial charge < -0.3 is 24.7 Å². The zero-order valence-electron chi connectivity index (χ0n) is 19.1. The molecular formula is C24H31N3O5S. The molecule has 2 aliphatic heterocycles. The number of likely N-dealkylation sites (tertiary alicyclic amines) is 1. The van der Waals surface area contributed by atoms with Crippen molar-refractivity contribution in [1.29, 1.82) is 0 Å². The number of ether oxygens (including phenoxy) is 1. The molecule has 2 atom stereocenters. The third-order valence-electron chi connectivity index (χ3n) is 6.89. The number of benzene rings is 1. The van der Waals surface area contributed by atoms with Crippen LogP contribution >= 0.6 is 11.3 Å². The van der Waals surface area contributed by atoms with E-state index < -0.39 is 17.6 Å². The van der Waals surface area contributed by atoms with Crippen molar-refractivity contribution in [1.82, 2.24) is 14.8 Å². The van der Waals surface area contributed by atoms with Gasteiger partial charge in [0.05, 0.1) is 23.4 Å². The molecule has 2 aliphatic rings. The van der Waals surface area contributed by atoms with Gasteiger partial charge in [0.1, 0.15) is 10.6 Å². The van der Waals surface area contributed by atoms with Crippen molar-refractivity contribution in [2.24, 2.45) is 5.41 Å². The number of nitrogens with zero attached hydrogens (tertiary/aromatic N) is 3. The molecule has 4 rings (SSSR count). The molecule has 1 spiro atoms. The minimum Gasteiger partial charge on any atom is -0.483 e. The Hall–Kier alpha value is -2.49. The highest BCUT2D eigenvalue weighted by Gasteiger charge is 2.41. The number of aryl methyl sites for hydroxylation is 1. The van der Waals surface area contributed by atoms with Crippen molar-refractivity contribution in [3.63, 3.8) is 0 Å². The van der Waals surface area contributed by atoms with Crippen LogP contribution in [0.3, 0.4) is 0 Å². The summed E-state index contributed by atoms with van der Waals surface area (Å²) >= 11 is 1.35. The monoisotopic (exact) mass is 473 g/mol. The van der Waals surface area contributed by atoms with Crippen molar-refractivity contribution < 1.29 is 24.5 Å². The van der Waals surface area contributed by atoms with Crippen LogP contribution in [0.5, 0.6) is 5.75 Å². The van der Waals surface area contributed by atoms with Crippen LogP contribution in [0.2, 0.25) is 0 Å². The highest BCUT2D eigenvalue weighted by molar-refractivity contribution is 7.11. The van der Waals surface area contributed by atoms with E-state index in [9.17, 15) is 19.8 Å². The lowest BCUT2D eigenvalue weighted by atomic mass is 9.72. The summed E-state index contributed by atoms with van der Waals surface area (Å²) in [4.78, 5) is 34.0. The first-order valence-electron chi connectivity index (χ1n) is 11.3. The maximum Gasteiger partial charge on any atom is 0.265 e. The van der Waals surface area contributed by atoms with E-state index in [-0.39, 0.29) is 24.8 Å². The molecule has 0 saturated carbocycles. The van der Waals surface area contributed by atoms with E-state index in [1.165, 1.54) is 11.3 Å². The number of hydrogen-bond acceptors (Lipinski definition) is 7. The van der Waals surface area contributed by atoms with Gasteiger partial charge in [-0.15, -0.1) is 11.3 Å². The van der Waals surface area contributed by atoms with Gasteiger partial charge in [-0.2, -0.15) is 0 Å². The summed E-state index contributed by atoms with van der Waals surface area (Å²) in [7, 11) is 1.74. The minimum atomic E-state index is -0.952. The number of carbonyl (C=O) groups is 2. The topological polar surface area (TPSA) is 103 Å². The van der Waals surface area contributed by atoms with Gasteiger partial charge in [0.2, 0.25) is 0 Å².